The molecule has 0 saturated carbocycles. The van der Waals surface area contributed by atoms with Crippen LogP contribution in [-0.2, 0) is 4.79 Å². The third kappa shape index (κ3) is 3.35. The van der Waals surface area contributed by atoms with Gasteiger partial charge in [-0.2, -0.15) is 0 Å². The molecule has 1 N–H and O–H groups in total. The molecule has 5 nitrogen and oxygen atoms in total. The van der Waals surface area contributed by atoms with E-state index in [1.165, 1.54) is 0 Å². The minimum Gasteiger partial charge on any atom is -0.348 e. The zero-order valence-electron chi connectivity index (χ0n) is 14.0. The topological polar surface area (TPSA) is 52.2 Å². The van der Waals surface area contributed by atoms with E-state index in [0.717, 1.165) is 51.3 Å². The molecule has 3 rings (SSSR count). The van der Waals surface area contributed by atoms with E-state index in [2.05, 4.69) is 40.5 Å². The van der Waals surface area contributed by atoms with Crippen molar-refractivity contribution in [1.82, 2.24) is 19.8 Å². The van der Waals surface area contributed by atoms with Crippen molar-refractivity contribution in [3.63, 3.8) is 0 Å². The number of aromatic nitrogens is 2. The maximum absolute atomic E-state index is 12.8. The molecule has 3 heterocycles. The Morgan fingerprint density at radius 1 is 1.32 bits per heavy atom. The Kier molecular flexibility index (Phi) is 4.26. The van der Waals surface area contributed by atoms with Gasteiger partial charge >= 0.3 is 0 Å². The number of hydrogen-bond donors (Lipinski definition) is 1. The Hall–Kier alpha value is -1.36. The van der Waals surface area contributed by atoms with Gasteiger partial charge in [0, 0.05) is 37.9 Å². The Morgan fingerprint density at radius 2 is 2.14 bits per heavy atom. The fourth-order valence-corrected chi connectivity index (χ4v) is 3.78. The molecule has 0 unspecified atom stereocenters. The van der Waals surface area contributed by atoms with E-state index in [-0.39, 0.29) is 11.5 Å². The van der Waals surface area contributed by atoms with Crippen LogP contribution in [0.3, 0.4) is 0 Å². The van der Waals surface area contributed by atoms with E-state index in [4.69, 9.17) is 0 Å². The predicted octanol–water partition coefficient (Wildman–Crippen LogP) is 2.24. The Bertz CT molecular complexity index is 505. The van der Waals surface area contributed by atoms with Crippen LogP contribution < -0.4 is 0 Å². The summed E-state index contributed by atoms with van der Waals surface area (Å²) in [6.45, 7) is 10.3. The summed E-state index contributed by atoms with van der Waals surface area (Å²) in [7, 11) is 0. The minimum atomic E-state index is 0.0797. The average molecular weight is 304 g/mol. The summed E-state index contributed by atoms with van der Waals surface area (Å²) < 4.78 is 0. The van der Waals surface area contributed by atoms with Gasteiger partial charge in [-0.15, -0.1) is 0 Å². The van der Waals surface area contributed by atoms with Crippen molar-refractivity contribution in [3.8, 4) is 0 Å². The van der Waals surface area contributed by atoms with Gasteiger partial charge in [-0.25, -0.2) is 4.98 Å². The summed E-state index contributed by atoms with van der Waals surface area (Å²) >= 11 is 0. The lowest BCUT2D eigenvalue weighted by atomic mass is 9.93. The molecule has 2 aliphatic heterocycles. The number of rotatable bonds is 3. The zero-order chi connectivity index (χ0) is 15.7. The number of carbonyl (C=O) groups excluding carboxylic acids is 1. The third-order valence-electron chi connectivity index (χ3n) is 4.73. The molecule has 0 spiro atoms. The molecule has 0 aliphatic carbocycles. The van der Waals surface area contributed by atoms with Crippen LogP contribution in [0.15, 0.2) is 12.4 Å². The quantitative estimate of drug-likeness (QED) is 0.932. The maximum Gasteiger partial charge on any atom is 0.239 e. The maximum atomic E-state index is 12.8. The van der Waals surface area contributed by atoms with Crippen LogP contribution in [0.4, 0.5) is 0 Å². The monoisotopic (exact) mass is 304 g/mol. The fraction of sp³-hybridized carbons (Fsp3) is 0.765. The van der Waals surface area contributed by atoms with Gasteiger partial charge in [0.15, 0.2) is 0 Å². The highest BCUT2D eigenvalue weighted by atomic mass is 16.2. The Labute approximate surface area is 133 Å². The molecule has 2 aliphatic rings. The van der Waals surface area contributed by atoms with Crippen LogP contribution in [-0.4, -0.2) is 57.9 Å². The van der Waals surface area contributed by atoms with Gasteiger partial charge in [-0.05, 0) is 31.2 Å². The number of carbonyl (C=O) groups is 1. The summed E-state index contributed by atoms with van der Waals surface area (Å²) in [6.07, 6.45) is 6.92. The molecular weight excluding hydrogens is 276 g/mol. The van der Waals surface area contributed by atoms with Gasteiger partial charge in [-0.3, -0.25) is 9.69 Å². The molecule has 2 saturated heterocycles. The number of nitrogens with zero attached hydrogens (tertiary/aromatic N) is 3. The molecule has 2 fully saturated rings. The van der Waals surface area contributed by atoms with Gasteiger partial charge in [0.05, 0.1) is 6.04 Å². The standard InChI is InChI=1S/C17H28N4O/c1-17(2,3)12-21-9-4-5-14(16(21)22)20-10-6-13(11-20)15-18-7-8-19-15/h7-8,13-14H,4-6,9-12H2,1-3H3,(H,18,19)/t13-,14-/m1/s1. The summed E-state index contributed by atoms with van der Waals surface area (Å²) in [6, 6.07) is 0.0797. The van der Waals surface area contributed by atoms with Crippen LogP contribution in [0.2, 0.25) is 0 Å². The number of H-pyrrole nitrogens is 1. The second-order valence-electron chi connectivity index (χ2n) is 7.93. The van der Waals surface area contributed by atoms with Crippen LogP contribution in [0, 0.1) is 5.41 Å². The number of imidazole rings is 1. The highest BCUT2D eigenvalue weighted by Crippen LogP contribution is 2.30. The second kappa shape index (κ2) is 6.03. The van der Waals surface area contributed by atoms with E-state index in [1.807, 2.05) is 12.4 Å². The first-order chi connectivity index (χ1) is 10.4. The first-order valence-corrected chi connectivity index (χ1v) is 8.46. The van der Waals surface area contributed by atoms with Gasteiger partial charge in [0.25, 0.3) is 0 Å². The zero-order valence-corrected chi connectivity index (χ0v) is 14.0. The summed E-state index contributed by atoms with van der Waals surface area (Å²) in [5.74, 6) is 1.85. The van der Waals surface area contributed by atoms with Crippen LogP contribution in [0.1, 0.15) is 51.8 Å². The Morgan fingerprint density at radius 3 is 2.82 bits per heavy atom. The number of likely N-dealkylation sites (tertiary alicyclic amines) is 2. The molecule has 0 radical (unpaired) electrons. The predicted molar refractivity (Wildman–Crippen MR) is 86.6 cm³/mol. The summed E-state index contributed by atoms with van der Waals surface area (Å²) in [4.78, 5) is 24.9. The van der Waals surface area contributed by atoms with Crippen LogP contribution in [0.25, 0.3) is 0 Å². The molecule has 0 aromatic carbocycles. The van der Waals surface area contributed by atoms with Gasteiger partial charge in [-0.1, -0.05) is 20.8 Å². The van der Waals surface area contributed by atoms with Crippen molar-refractivity contribution in [3.05, 3.63) is 18.2 Å². The molecule has 22 heavy (non-hydrogen) atoms. The van der Waals surface area contributed by atoms with E-state index in [9.17, 15) is 4.79 Å². The number of nitrogens with one attached hydrogen (secondary N) is 1. The summed E-state index contributed by atoms with van der Waals surface area (Å²) in [5, 5.41) is 0. The molecule has 122 valence electrons. The van der Waals surface area contributed by atoms with Crippen molar-refractivity contribution in [1.29, 1.82) is 0 Å². The van der Waals surface area contributed by atoms with E-state index in [0.29, 0.717) is 11.8 Å². The van der Waals surface area contributed by atoms with E-state index < -0.39 is 0 Å². The van der Waals surface area contributed by atoms with Crippen LogP contribution in [0.5, 0.6) is 0 Å². The lowest BCUT2D eigenvalue weighted by molar-refractivity contribution is -0.141. The number of piperidine rings is 1. The lowest BCUT2D eigenvalue weighted by Gasteiger charge is -2.39. The third-order valence-corrected chi connectivity index (χ3v) is 4.73. The largest absolute Gasteiger partial charge is 0.348 e. The molecule has 0 bridgehead atoms. The normalized spacial score (nSPS) is 27.6. The SMILES string of the molecule is CC(C)(C)CN1CCC[C@@H](N2CC[C@@H](c3ncc[nH]3)C2)C1=O. The first kappa shape index (κ1) is 15.5. The lowest BCUT2D eigenvalue weighted by Crippen LogP contribution is -2.53. The van der Waals surface area contributed by atoms with E-state index in [1.54, 1.807) is 0 Å². The molecule has 5 heteroatoms. The van der Waals surface area contributed by atoms with Crippen molar-refractivity contribution in [2.45, 2.75) is 52.0 Å². The fourth-order valence-electron chi connectivity index (χ4n) is 3.78. The van der Waals surface area contributed by atoms with Gasteiger partial charge < -0.3 is 9.88 Å². The van der Waals surface area contributed by atoms with Crippen molar-refractivity contribution in [2.24, 2.45) is 5.41 Å². The second-order valence-corrected chi connectivity index (χ2v) is 7.93. The number of hydrogen-bond acceptors (Lipinski definition) is 3. The molecule has 1 amide bonds. The minimum absolute atomic E-state index is 0.0797. The number of amides is 1. The summed E-state index contributed by atoms with van der Waals surface area (Å²) in [5.41, 5.74) is 0.166. The van der Waals surface area contributed by atoms with Crippen LogP contribution >= 0.6 is 0 Å². The highest BCUT2D eigenvalue weighted by molar-refractivity contribution is 5.82. The van der Waals surface area contributed by atoms with Crippen molar-refractivity contribution < 1.29 is 4.79 Å². The van der Waals surface area contributed by atoms with Crippen molar-refractivity contribution in [2.75, 3.05) is 26.2 Å². The molecule has 1 aromatic heterocycles. The first-order valence-electron chi connectivity index (χ1n) is 8.46. The van der Waals surface area contributed by atoms with Crippen molar-refractivity contribution >= 4 is 5.91 Å². The average Bonchev–Trinajstić information content (AvgIpc) is 3.09. The highest BCUT2D eigenvalue weighted by Gasteiger charge is 2.38. The van der Waals surface area contributed by atoms with Gasteiger partial charge in [0.2, 0.25) is 5.91 Å². The van der Waals surface area contributed by atoms with Gasteiger partial charge in [0.1, 0.15) is 5.82 Å². The Balaban J connectivity index is 1.63. The smallest absolute Gasteiger partial charge is 0.239 e. The molecule has 1 aromatic rings. The molecular formula is C17H28N4O. The number of aromatic amines is 1. The van der Waals surface area contributed by atoms with E-state index >= 15 is 0 Å². The molecule has 2 atom stereocenters.